The van der Waals surface area contributed by atoms with E-state index in [9.17, 15) is 27.6 Å². The van der Waals surface area contributed by atoms with E-state index in [1.165, 1.54) is 6.07 Å². The highest BCUT2D eigenvalue weighted by Gasteiger charge is 2.25. The minimum Gasteiger partial charge on any atom is -0.454 e. The lowest BCUT2D eigenvalue weighted by atomic mass is 10.1. The molecule has 0 saturated carbocycles. The summed E-state index contributed by atoms with van der Waals surface area (Å²) in [6, 6.07) is 13.8. The Hall–Kier alpha value is -4.91. The fraction of sp³-hybridized carbons (Fsp3) is 0.333. The van der Waals surface area contributed by atoms with Crippen LogP contribution in [0.3, 0.4) is 0 Å². The van der Waals surface area contributed by atoms with Crippen molar-refractivity contribution < 1.29 is 37.0 Å². The van der Waals surface area contributed by atoms with Crippen molar-refractivity contribution >= 4 is 29.1 Å². The Balaban J connectivity index is 0.000000263. The van der Waals surface area contributed by atoms with Crippen LogP contribution in [0.4, 0.5) is 13.2 Å². The third kappa shape index (κ3) is 10.9. The van der Waals surface area contributed by atoms with Crippen LogP contribution >= 0.6 is 0 Å². The van der Waals surface area contributed by atoms with Gasteiger partial charge in [0.15, 0.2) is 11.6 Å². The number of ether oxygens (including phenoxy) is 2. The molecular weight excluding hydrogens is 603 g/mol. The van der Waals surface area contributed by atoms with Crippen molar-refractivity contribution in [3.63, 3.8) is 0 Å². The highest BCUT2D eigenvalue weighted by atomic mass is 19.3. The molecule has 0 aliphatic carbocycles. The second kappa shape index (κ2) is 17.5. The molecule has 2 aromatic heterocycles. The van der Waals surface area contributed by atoms with Crippen molar-refractivity contribution in [2.45, 2.75) is 52.8 Å². The maximum absolute atomic E-state index is 14.0. The Morgan fingerprint density at radius 2 is 1.89 bits per heavy atom. The van der Waals surface area contributed by atoms with E-state index in [0.29, 0.717) is 24.3 Å². The second-order valence-corrected chi connectivity index (χ2v) is 10.6. The van der Waals surface area contributed by atoms with Gasteiger partial charge in [-0.05, 0) is 87.2 Å². The van der Waals surface area contributed by atoms with Gasteiger partial charge >= 0.3 is 6.61 Å². The minimum atomic E-state index is -2.62. The first-order chi connectivity index (χ1) is 22.0. The van der Waals surface area contributed by atoms with Gasteiger partial charge in [0, 0.05) is 54.3 Å². The van der Waals surface area contributed by atoms with E-state index in [1.54, 1.807) is 54.5 Å². The third-order valence-corrected chi connectivity index (χ3v) is 6.93. The summed E-state index contributed by atoms with van der Waals surface area (Å²) in [6.07, 6.45) is 6.19. The fourth-order valence-corrected chi connectivity index (χ4v) is 4.70. The van der Waals surface area contributed by atoms with Crippen molar-refractivity contribution in [2.24, 2.45) is 0 Å². The molecule has 1 saturated heterocycles. The fourth-order valence-electron chi connectivity index (χ4n) is 4.70. The van der Waals surface area contributed by atoms with Gasteiger partial charge in [-0.15, -0.1) is 0 Å². The van der Waals surface area contributed by atoms with Gasteiger partial charge in [0.1, 0.15) is 5.75 Å². The lowest BCUT2D eigenvalue weighted by molar-refractivity contribution is -0.130. The van der Waals surface area contributed by atoms with Gasteiger partial charge in [-0.1, -0.05) is 6.07 Å². The van der Waals surface area contributed by atoms with E-state index in [1.807, 2.05) is 26.0 Å². The van der Waals surface area contributed by atoms with E-state index in [0.717, 1.165) is 54.2 Å². The van der Waals surface area contributed by atoms with Crippen LogP contribution in [0.5, 0.6) is 11.5 Å². The number of aromatic nitrogens is 2. The number of hydrogen-bond acceptors (Lipinski definition) is 6. The summed E-state index contributed by atoms with van der Waals surface area (Å²) in [5.74, 6) is -0.437. The van der Waals surface area contributed by atoms with Crippen molar-refractivity contribution in [1.82, 2.24) is 25.5 Å². The predicted molar refractivity (Wildman–Crippen MR) is 167 cm³/mol. The van der Waals surface area contributed by atoms with Crippen molar-refractivity contribution in [3.8, 4) is 11.5 Å². The lowest BCUT2D eigenvalue weighted by Gasteiger charge is -2.21. The first-order valence-corrected chi connectivity index (χ1v) is 14.5. The molecular formula is C33H38F3N5O5. The van der Waals surface area contributed by atoms with Crippen molar-refractivity contribution in [2.75, 3.05) is 20.2 Å². The number of benzene rings is 2. The maximum atomic E-state index is 14.0. The molecule has 1 aliphatic rings. The molecule has 2 aromatic carbocycles. The number of amides is 3. The van der Waals surface area contributed by atoms with Gasteiger partial charge in [-0.25, -0.2) is 4.39 Å². The summed E-state index contributed by atoms with van der Waals surface area (Å²) in [4.78, 5) is 43.8. The smallest absolute Gasteiger partial charge is 0.345 e. The molecule has 3 N–H and O–H groups in total. The zero-order valence-corrected chi connectivity index (χ0v) is 26.1. The van der Waals surface area contributed by atoms with Gasteiger partial charge in [0.2, 0.25) is 12.3 Å². The molecule has 46 heavy (non-hydrogen) atoms. The highest BCUT2D eigenvalue weighted by molar-refractivity contribution is 5.97. The number of carbonyl (C=O) groups excluding carboxylic acids is 3. The number of rotatable bonds is 9. The number of nitrogens with one attached hydrogen (secondary N) is 3. The number of pyridine rings is 1. The standard InChI is InChI=1S/C22H25FN2O3.C9H9N3O.C2H4F2O/c1-14-6-7-20(19(23)11-14)28-18-10-15(2)9-17(12-18)22(27)24-13-21(26)25-8-4-5-16(25)3;13-6-11-5-8-3-7-4-10-2-1-9(7)12-8;1-5-2(3)4/h6-7,9-12,16H,4-5,8,13H2,1-3H3,(H,24,27);1-4,6,12H,5H2,(H,11,13);2H,1H3. The Bertz CT molecular complexity index is 1580. The van der Waals surface area contributed by atoms with E-state index < -0.39 is 12.4 Å². The minimum absolute atomic E-state index is 0.0418. The number of fused-ring (bicyclic) bond motifs is 1. The largest absolute Gasteiger partial charge is 0.454 e. The van der Waals surface area contributed by atoms with E-state index in [-0.39, 0.29) is 30.2 Å². The number of H-pyrrole nitrogens is 1. The third-order valence-electron chi connectivity index (χ3n) is 6.93. The maximum Gasteiger partial charge on any atom is 0.345 e. The number of hydrogen-bond donors (Lipinski definition) is 3. The molecule has 1 atom stereocenters. The van der Waals surface area contributed by atoms with Crippen LogP contribution in [0.1, 0.15) is 46.9 Å². The highest BCUT2D eigenvalue weighted by Crippen LogP contribution is 2.27. The van der Waals surface area contributed by atoms with Crippen LogP contribution in [0.2, 0.25) is 0 Å². The SMILES string of the molecule is COC(F)F.Cc1cc(Oc2ccc(C)cc2F)cc(C(=O)NCC(=O)N2CCCC2C)c1.O=CNCc1cc2cnccc2[nH]1. The average molecular weight is 642 g/mol. The number of aromatic amines is 1. The summed E-state index contributed by atoms with van der Waals surface area (Å²) < 4.78 is 44.2. The van der Waals surface area contributed by atoms with E-state index >= 15 is 0 Å². The van der Waals surface area contributed by atoms with Crippen LogP contribution in [-0.2, 0) is 20.9 Å². The number of aryl methyl sites for hydroxylation is 2. The Morgan fingerprint density at radius 1 is 1.13 bits per heavy atom. The van der Waals surface area contributed by atoms with Gasteiger partial charge in [-0.2, -0.15) is 8.78 Å². The molecule has 1 unspecified atom stereocenters. The van der Waals surface area contributed by atoms with Crippen LogP contribution in [0.25, 0.3) is 10.9 Å². The normalized spacial score (nSPS) is 13.7. The number of carbonyl (C=O) groups is 3. The molecule has 3 heterocycles. The Kier molecular flexibility index (Phi) is 13.6. The zero-order chi connectivity index (χ0) is 33.6. The molecule has 5 rings (SSSR count). The molecule has 4 aromatic rings. The first-order valence-electron chi connectivity index (χ1n) is 14.5. The number of likely N-dealkylation sites (tertiary alicyclic amines) is 1. The number of halogens is 3. The molecule has 0 bridgehead atoms. The van der Waals surface area contributed by atoms with Crippen molar-refractivity contribution in [1.29, 1.82) is 0 Å². The molecule has 10 nitrogen and oxygen atoms in total. The van der Waals surface area contributed by atoms with Crippen LogP contribution in [0.15, 0.2) is 60.9 Å². The molecule has 0 spiro atoms. The Morgan fingerprint density at radius 3 is 2.52 bits per heavy atom. The lowest BCUT2D eigenvalue weighted by Crippen LogP contribution is -2.41. The second-order valence-electron chi connectivity index (χ2n) is 10.6. The van der Waals surface area contributed by atoms with Crippen LogP contribution in [0, 0.1) is 19.7 Å². The quantitative estimate of drug-likeness (QED) is 0.203. The molecule has 246 valence electrons. The molecule has 0 radical (unpaired) electrons. The van der Waals surface area contributed by atoms with Crippen LogP contribution in [-0.4, -0.2) is 65.9 Å². The number of nitrogens with zero attached hydrogens (tertiary/aromatic N) is 2. The predicted octanol–water partition coefficient (Wildman–Crippen LogP) is 5.64. The van der Waals surface area contributed by atoms with Gasteiger partial charge in [-0.3, -0.25) is 19.4 Å². The van der Waals surface area contributed by atoms with Crippen molar-refractivity contribution in [3.05, 3.63) is 89.1 Å². The molecule has 3 amide bonds. The molecule has 1 fully saturated rings. The first kappa shape index (κ1) is 35.6. The average Bonchev–Trinajstić information content (AvgIpc) is 3.66. The topological polar surface area (TPSA) is 126 Å². The number of methoxy groups -OCH3 is 1. The van der Waals surface area contributed by atoms with Gasteiger partial charge in [0.05, 0.1) is 13.1 Å². The summed E-state index contributed by atoms with van der Waals surface area (Å²) >= 11 is 0. The van der Waals surface area contributed by atoms with Gasteiger partial charge in [0.25, 0.3) is 5.91 Å². The Labute approximate surface area is 265 Å². The summed E-state index contributed by atoms with van der Waals surface area (Å²) in [5.41, 5.74) is 3.98. The van der Waals surface area contributed by atoms with Crippen LogP contribution < -0.4 is 15.4 Å². The summed E-state index contributed by atoms with van der Waals surface area (Å²) in [6.45, 7) is 4.24. The van der Waals surface area contributed by atoms with Gasteiger partial charge < -0.3 is 30.0 Å². The van der Waals surface area contributed by atoms with E-state index in [2.05, 4.69) is 25.3 Å². The summed E-state index contributed by atoms with van der Waals surface area (Å²) in [7, 11) is 0.949. The number of alkyl halides is 2. The zero-order valence-electron chi connectivity index (χ0n) is 26.1. The molecule has 13 heteroatoms. The molecule has 1 aliphatic heterocycles. The summed E-state index contributed by atoms with van der Waals surface area (Å²) in [5, 5.41) is 6.33. The monoisotopic (exact) mass is 641 g/mol. The van der Waals surface area contributed by atoms with E-state index in [4.69, 9.17) is 4.74 Å².